The van der Waals surface area contributed by atoms with Gasteiger partial charge in [-0.1, -0.05) is 140 Å². The molecule has 0 N–H and O–H groups in total. The van der Waals surface area contributed by atoms with Gasteiger partial charge in [0.1, 0.15) is 0 Å². The molecule has 10 aromatic rings. The molecule has 0 radical (unpaired) electrons. The molecule has 0 atom stereocenters. The molecule has 228 valence electrons. The van der Waals surface area contributed by atoms with Gasteiger partial charge < -0.3 is 4.57 Å². The van der Waals surface area contributed by atoms with Gasteiger partial charge in [-0.25, -0.2) is 9.97 Å². The van der Waals surface area contributed by atoms with Crippen molar-refractivity contribution >= 4 is 54.1 Å². The van der Waals surface area contributed by atoms with Crippen LogP contribution in [0.2, 0.25) is 0 Å². The van der Waals surface area contributed by atoms with E-state index in [2.05, 4.69) is 174 Å². The number of para-hydroxylation sites is 1. The second-order valence-corrected chi connectivity index (χ2v) is 12.6. The van der Waals surface area contributed by atoms with Crippen molar-refractivity contribution in [1.82, 2.24) is 14.5 Å². The number of hydrogen-bond donors (Lipinski definition) is 0. The van der Waals surface area contributed by atoms with Crippen LogP contribution in [0, 0.1) is 0 Å². The van der Waals surface area contributed by atoms with Crippen molar-refractivity contribution in [3.05, 3.63) is 176 Å². The summed E-state index contributed by atoms with van der Waals surface area (Å²) in [5, 5.41) is 9.64. The lowest BCUT2D eigenvalue weighted by Crippen LogP contribution is -1.98. The van der Waals surface area contributed by atoms with Gasteiger partial charge in [0.15, 0.2) is 5.82 Å². The van der Waals surface area contributed by atoms with Crippen LogP contribution < -0.4 is 0 Å². The van der Waals surface area contributed by atoms with Crippen molar-refractivity contribution < 1.29 is 0 Å². The monoisotopic (exact) mass is 623 g/mol. The second-order valence-electron chi connectivity index (χ2n) is 12.6. The van der Waals surface area contributed by atoms with E-state index in [0.717, 1.165) is 44.5 Å². The molecule has 2 heterocycles. The summed E-state index contributed by atoms with van der Waals surface area (Å²) < 4.78 is 2.42. The molecular weight excluding hydrogens is 595 g/mol. The predicted octanol–water partition coefficient (Wildman–Crippen LogP) is 12.0. The van der Waals surface area contributed by atoms with Crippen LogP contribution in [0.3, 0.4) is 0 Å². The lowest BCUT2D eigenvalue weighted by molar-refractivity contribution is 1.18. The maximum absolute atomic E-state index is 5.26. The first-order valence-electron chi connectivity index (χ1n) is 16.7. The third kappa shape index (κ3) is 4.51. The van der Waals surface area contributed by atoms with Crippen LogP contribution in [-0.2, 0) is 0 Å². The molecule has 3 nitrogen and oxygen atoms in total. The molecule has 0 bridgehead atoms. The van der Waals surface area contributed by atoms with Crippen molar-refractivity contribution in [1.29, 1.82) is 0 Å². The van der Waals surface area contributed by atoms with Crippen molar-refractivity contribution in [3.63, 3.8) is 0 Å². The highest BCUT2D eigenvalue weighted by atomic mass is 15.0. The van der Waals surface area contributed by atoms with E-state index >= 15 is 0 Å². The van der Waals surface area contributed by atoms with Crippen molar-refractivity contribution in [2.24, 2.45) is 0 Å². The van der Waals surface area contributed by atoms with Crippen molar-refractivity contribution in [3.8, 4) is 39.6 Å². The Balaban J connectivity index is 1.22. The zero-order valence-electron chi connectivity index (χ0n) is 26.6. The smallest absolute Gasteiger partial charge is 0.161 e. The number of rotatable bonds is 4. The quantitative estimate of drug-likeness (QED) is 0.195. The van der Waals surface area contributed by atoms with Gasteiger partial charge >= 0.3 is 0 Å². The molecule has 0 spiro atoms. The molecule has 2 aromatic heterocycles. The molecule has 0 fully saturated rings. The van der Waals surface area contributed by atoms with Gasteiger partial charge in [-0.2, -0.15) is 0 Å². The van der Waals surface area contributed by atoms with E-state index < -0.39 is 0 Å². The Hall–Kier alpha value is -6.58. The molecule has 10 rings (SSSR count). The standard InChI is InChI=1S/C46H29N3/c1-2-13-31(14-3-1)41-29-42(35-25-24-30-12-4-5-15-32(30)26-35)48-46(47-41)39-21-10-20-37-36(39)19-11-23-44(37)49-43-22-9-8-18-38(43)40-27-33-16-6-7-17-34(33)28-45(40)49/h1-29H. The Bertz CT molecular complexity index is 2880. The van der Waals surface area contributed by atoms with Gasteiger partial charge in [0.25, 0.3) is 0 Å². The average Bonchev–Trinajstić information content (AvgIpc) is 3.49. The number of aromatic nitrogens is 3. The van der Waals surface area contributed by atoms with E-state index in [1.165, 1.54) is 43.4 Å². The highest BCUT2D eigenvalue weighted by Crippen LogP contribution is 2.39. The van der Waals surface area contributed by atoms with E-state index in [1.54, 1.807) is 0 Å². The summed E-state index contributed by atoms with van der Waals surface area (Å²) >= 11 is 0. The number of nitrogens with zero attached hydrogens (tertiary/aromatic N) is 3. The van der Waals surface area contributed by atoms with Crippen LogP contribution in [0.5, 0.6) is 0 Å². The highest BCUT2D eigenvalue weighted by Gasteiger charge is 2.18. The topological polar surface area (TPSA) is 30.7 Å². The van der Waals surface area contributed by atoms with Gasteiger partial charge in [-0.3, -0.25) is 0 Å². The largest absolute Gasteiger partial charge is 0.309 e. The minimum absolute atomic E-state index is 0.709. The number of benzene rings is 8. The highest BCUT2D eigenvalue weighted by molar-refractivity contribution is 6.15. The summed E-state index contributed by atoms with van der Waals surface area (Å²) in [7, 11) is 0. The molecule has 49 heavy (non-hydrogen) atoms. The van der Waals surface area contributed by atoms with Crippen LogP contribution in [0.1, 0.15) is 0 Å². The first-order chi connectivity index (χ1) is 24.3. The van der Waals surface area contributed by atoms with Crippen LogP contribution in [0.25, 0.3) is 93.7 Å². The number of fused-ring (bicyclic) bond motifs is 6. The SMILES string of the molecule is c1ccc(-c2cc(-c3ccc4ccccc4c3)nc(-c3cccc4c(-n5c6ccccc6c6cc7ccccc7cc65)cccc34)n2)cc1. The zero-order chi connectivity index (χ0) is 32.3. The van der Waals surface area contributed by atoms with E-state index in [1.807, 2.05) is 6.07 Å². The fraction of sp³-hybridized carbons (Fsp3) is 0. The van der Waals surface area contributed by atoms with Crippen LogP contribution in [0.15, 0.2) is 176 Å². The lowest BCUT2D eigenvalue weighted by atomic mass is 10.0. The summed E-state index contributed by atoms with van der Waals surface area (Å²) in [4.78, 5) is 10.5. The normalized spacial score (nSPS) is 11.7. The Morgan fingerprint density at radius 3 is 1.82 bits per heavy atom. The molecule has 0 unspecified atom stereocenters. The summed E-state index contributed by atoms with van der Waals surface area (Å²) in [6, 6.07) is 62.6. The first kappa shape index (κ1) is 27.5. The van der Waals surface area contributed by atoms with Crippen molar-refractivity contribution in [2.45, 2.75) is 0 Å². The minimum atomic E-state index is 0.709. The van der Waals surface area contributed by atoms with E-state index in [0.29, 0.717) is 5.82 Å². The average molecular weight is 624 g/mol. The zero-order valence-corrected chi connectivity index (χ0v) is 26.6. The molecule has 0 aliphatic heterocycles. The van der Waals surface area contributed by atoms with Gasteiger partial charge in [0.05, 0.1) is 28.1 Å². The van der Waals surface area contributed by atoms with Gasteiger partial charge in [-0.05, 0) is 63.3 Å². The Morgan fingerprint density at radius 2 is 0.980 bits per heavy atom. The van der Waals surface area contributed by atoms with Gasteiger partial charge in [-0.15, -0.1) is 0 Å². The molecule has 0 amide bonds. The fourth-order valence-electron chi connectivity index (χ4n) is 7.42. The van der Waals surface area contributed by atoms with Crippen LogP contribution in [-0.4, -0.2) is 14.5 Å². The van der Waals surface area contributed by atoms with Gasteiger partial charge in [0.2, 0.25) is 0 Å². The molecule has 0 saturated carbocycles. The van der Waals surface area contributed by atoms with E-state index in [4.69, 9.17) is 9.97 Å². The summed E-state index contributed by atoms with van der Waals surface area (Å²) in [5.74, 6) is 0.709. The molecule has 0 saturated heterocycles. The molecular formula is C46H29N3. The first-order valence-corrected chi connectivity index (χ1v) is 16.7. The summed E-state index contributed by atoms with van der Waals surface area (Å²) in [5.41, 5.74) is 8.45. The molecule has 3 heteroatoms. The lowest BCUT2D eigenvalue weighted by Gasteiger charge is -2.15. The Labute approximate surface area is 283 Å². The minimum Gasteiger partial charge on any atom is -0.309 e. The predicted molar refractivity (Wildman–Crippen MR) is 205 cm³/mol. The molecule has 0 aliphatic carbocycles. The van der Waals surface area contributed by atoms with E-state index in [9.17, 15) is 0 Å². The van der Waals surface area contributed by atoms with Crippen molar-refractivity contribution in [2.75, 3.05) is 0 Å². The van der Waals surface area contributed by atoms with Crippen LogP contribution >= 0.6 is 0 Å². The maximum Gasteiger partial charge on any atom is 0.161 e. The second kappa shape index (κ2) is 11.0. The Morgan fingerprint density at radius 1 is 0.347 bits per heavy atom. The summed E-state index contributed by atoms with van der Waals surface area (Å²) in [6.45, 7) is 0. The number of hydrogen-bond acceptors (Lipinski definition) is 2. The third-order valence-corrected chi connectivity index (χ3v) is 9.76. The summed E-state index contributed by atoms with van der Waals surface area (Å²) in [6.07, 6.45) is 0. The fourth-order valence-corrected chi connectivity index (χ4v) is 7.42. The van der Waals surface area contributed by atoms with Gasteiger partial charge in [0, 0.05) is 32.8 Å². The molecule has 0 aliphatic rings. The van der Waals surface area contributed by atoms with E-state index in [-0.39, 0.29) is 0 Å². The molecule has 8 aromatic carbocycles. The van der Waals surface area contributed by atoms with Crippen LogP contribution in [0.4, 0.5) is 0 Å². The maximum atomic E-state index is 5.26. The Kier molecular flexibility index (Phi) is 6.18. The third-order valence-electron chi connectivity index (χ3n) is 9.76.